The van der Waals surface area contributed by atoms with E-state index in [1.807, 2.05) is 30.5 Å². The van der Waals surface area contributed by atoms with Crippen molar-refractivity contribution in [2.24, 2.45) is 0 Å². The number of benzene rings is 2. The molecule has 0 radical (unpaired) electrons. The van der Waals surface area contributed by atoms with E-state index in [0.29, 0.717) is 11.6 Å². The highest BCUT2D eigenvalue weighted by molar-refractivity contribution is 9.10. The molecule has 0 fully saturated rings. The molecule has 2 aromatic carbocycles. The van der Waals surface area contributed by atoms with Gasteiger partial charge in [-0.15, -0.1) is 0 Å². The van der Waals surface area contributed by atoms with Crippen LogP contribution < -0.4 is 0 Å². The van der Waals surface area contributed by atoms with Gasteiger partial charge < -0.3 is 4.98 Å². The standard InChI is InChI=1S/C17H15BrClN2O/c18-14-3-6-17-16(9-14)13(10-20-17)7-8-21(22)11-12-1-4-15(19)5-2-12/h1-6,9-11,20,22H,7-8H2/q+1. The SMILES string of the molecule is O[N+](=Cc1ccc(Cl)cc1)CCc1c[nH]c2ccc(Br)cc12. The highest BCUT2D eigenvalue weighted by Crippen LogP contribution is 2.23. The minimum absolute atomic E-state index is 0.516. The van der Waals surface area contributed by atoms with Gasteiger partial charge in [-0.05, 0) is 52.8 Å². The molecule has 1 heterocycles. The maximum absolute atomic E-state index is 10.0. The zero-order chi connectivity index (χ0) is 15.5. The van der Waals surface area contributed by atoms with Gasteiger partial charge in [0.2, 0.25) is 6.21 Å². The molecule has 0 bridgehead atoms. The number of nitrogens with one attached hydrogen (secondary N) is 1. The quantitative estimate of drug-likeness (QED) is 0.295. The molecule has 1 aromatic heterocycles. The van der Waals surface area contributed by atoms with Crippen molar-refractivity contribution >= 4 is 44.6 Å². The molecule has 0 saturated heterocycles. The van der Waals surface area contributed by atoms with E-state index in [0.717, 1.165) is 22.0 Å². The number of fused-ring (bicyclic) bond motifs is 1. The number of nitrogens with zero attached hydrogens (tertiary/aromatic N) is 1. The molecular weight excluding hydrogens is 364 g/mol. The van der Waals surface area contributed by atoms with Crippen molar-refractivity contribution in [2.45, 2.75) is 6.42 Å². The number of hydrogen-bond donors (Lipinski definition) is 2. The zero-order valence-electron chi connectivity index (χ0n) is 11.8. The van der Waals surface area contributed by atoms with Crippen LogP contribution in [0.2, 0.25) is 5.02 Å². The van der Waals surface area contributed by atoms with Crippen molar-refractivity contribution < 1.29 is 9.95 Å². The van der Waals surface area contributed by atoms with Crippen LogP contribution in [-0.2, 0) is 6.42 Å². The van der Waals surface area contributed by atoms with Crippen LogP contribution in [0, 0.1) is 0 Å². The van der Waals surface area contributed by atoms with Crippen LogP contribution in [0.15, 0.2) is 53.1 Å². The van der Waals surface area contributed by atoms with E-state index in [1.54, 1.807) is 18.3 Å². The monoisotopic (exact) mass is 377 g/mol. The Balaban J connectivity index is 1.73. The molecule has 0 unspecified atom stereocenters. The summed E-state index contributed by atoms with van der Waals surface area (Å²) in [6.07, 6.45) is 4.44. The lowest BCUT2D eigenvalue weighted by molar-refractivity contribution is -0.770. The summed E-state index contributed by atoms with van der Waals surface area (Å²) < 4.78 is 2.26. The number of halogens is 2. The molecule has 112 valence electrons. The molecule has 0 aliphatic rings. The summed E-state index contributed by atoms with van der Waals surface area (Å²) in [5, 5.41) is 11.9. The predicted molar refractivity (Wildman–Crippen MR) is 93.2 cm³/mol. The summed E-state index contributed by atoms with van der Waals surface area (Å²) in [5.41, 5.74) is 3.19. The van der Waals surface area contributed by atoms with Crippen LogP contribution in [0.3, 0.4) is 0 Å². The highest BCUT2D eigenvalue weighted by atomic mass is 79.9. The molecule has 0 amide bonds. The van der Waals surface area contributed by atoms with Gasteiger partial charge >= 0.3 is 0 Å². The van der Waals surface area contributed by atoms with Crippen molar-refractivity contribution in [1.82, 2.24) is 4.98 Å². The molecule has 0 atom stereocenters. The number of hydroxylamine groups is 1. The largest absolute Gasteiger partial charge is 0.361 e. The third-order valence-corrected chi connectivity index (χ3v) is 4.25. The van der Waals surface area contributed by atoms with Crippen LogP contribution in [0.25, 0.3) is 10.9 Å². The third-order valence-electron chi connectivity index (χ3n) is 3.51. The number of aromatic amines is 1. The third kappa shape index (κ3) is 3.51. The van der Waals surface area contributed by atoms with Crippen molar-refractivity contribution in [3.63, 3.8) is 0 Å². The molecule has 2 N–H and O–H groups in total. The second-order valence-electron chi connectivity index (χ2n) is 5.10. The van der Waals surface area contributed by atoms with Crippen LogP contribution in [-0.4, -0.2) is 27.7 Å². The maximum atomic E-state index is 10.0. The molecule has 3 aromatic rings. The second kappa shape index (κ2) is 6.55. The Kier molecular flexibility index (Phi) is 4.50. The average molecular weight is 379 g/mol. The minimum Gasteiger partial charge on any atom is -0.361 e. The molecule has 0 saturated carbocycles. The number of hydrogen-bond acceptors (Lipinski definition) is 1. The fourth-order valence-electron chi connectivity index (χ4n) is 2.38. The molecule has 3 nitrogen and oxygen atoms in total. The molecular formula is C17H15BrClN2O+. The zero-order valence-corrected chi connectivity index (χ0v) is 14.1. The topological polar surface area (TPSA) is 39.0 Å². The van der Waals surface area contributed by atoms with Crippen molar-refractivity contribution in [1.29, 1.82) is 0 Å². The van der Waals surface area contributed by atoms with Gasteiger partial charge in [0.15, 0.2) is 6.54 Å². The Morgan fingerprint density at radius 1 is 1.18 bits per heavy atom. The Morgan fingerprint density at radius 2 is 1.95 bits per heavy atom. The lowest BCUT2D eigenvalue weighted by Crippen LogP contribution is -2.12. The van der Waals surface area contributed by atoms with E-state index < -0.39 is 0 Å². The summed E-state index contributed by atoms with van der Waals surface area (Å²) in [6, 6.07) is 13.5. The van der Waals surface area contributed by atoms with E-state index in [2.05, 4.69) is 27.0 Å². The summed E-state index contributed by atoms with van der Waals surface area (Å²) in [7, 11) is 0. The van der Waals surface area contributed by atoms with Gasteiger partial charge in [-0.3, -0.25) is 5.21 Å². The maximum Gasteiger partial charge on any atom is 0.222 e. The lowest BCUT2D eigenvalue weighted by atomic mass is 10.1. The average Bonchev–Trinajstić information content (AvgIpc) is 2.90. The van der Waals surface area contributed by atoms with Crippen LogP contribution in [0.5, 0.6) is 0 Å². The summed E-state index contributed by atoms with van der Waals surface area (Å²) in [5.74, 6) is 0. The summed E-state index contributed by atoms with van der Waals surface area (Å²) in [6.45, 7) is 0.516. The smallest absolute Gasteiger partial charge is 0.222 e. The summed E-state index contributed by atoms with van der Waals surface area (Å²) >= 11 is 9.34. The molecule has 3 rings (SSSR count). The number of rotatable bonds is 4. The second-order valence-corrected chi connectivity index (χ2v) is 6.45. The lowest BCUT2D eigenvalue weighted by Gasteiger charge is -1.97. The Bertz CT molecular complexity index is 824. The molecule has 0 aliphatic heterocycles. The molecule has 22 heavy (non-hydrogen) atoms. The van der Waals surface area contributed by atoms with Gasteiger partial charge in [-0.2, -0.15) is 0 Å². The first-order valence-corrected chi connectivity index (χ1v) is 8.10. The van der Waals surface area contributed by atoms with Gasteiger partial charge in [0, 0.05) is 38.6 Å². The van der Waals surface area contributed by atoms with Crippen molar-refractivity contribution in [2.75, 3.05) is 6.54 Å². The Hall–Kier alpha value is -1.78. The van der Waals surface area contributed by atoms with E-state index in [4.69, 9.17) is 11.6 Å². The van der Waals surface area contributed by atoms with Crippen molar-refractivity contribution in [3.8, 4) is 0 Å². The van der Waals surface area contributed by atoms with Gasteiger partial charge in [-0.1, -0.05) is 27.5 Å². The fourth-order valence-corrected chi connectivity index (χ4v) is 2.87. The van der Waals surface area contributed by atoms with Gasteiger partial charge in [0.05, 0.1) is 0 Å². The van der Waals surface area contributed by atoms with Gasteiger partial charge in [0.25, 0.3) is 0 Å². The van der Waals surface area contributed by atoms with E-state index >= 15 is 0 Å². The van der Waals surface area contributed by atoms with Gasteiger partial charge in [0.1, 0.15) is 0 Å². The normalized spacial score (nSPS) is 12.0. The Labute approximate surface area is 141 Å². The van der Waals surface area contributed by atoms with E-state index in [9.17, 15) is 5.21 Å². The minimum atomic E-state index is 0.516. The summed E-state index contributed by atoms with van der Waals surface area (Å²) in [4.78, 5) is 3.25. The first-order valence-electron chi connectivity index (χ1n) is 6.93. The fraction of sp³-hybridized carbons (Fsp3) is 0.118. The molecule has 5 heteroatoms. The van der Waals surface area contributed by atoms with E-state index in [-0.39, 0.29) is 0 Å². The predicted octanol–water partition coefficient (Wildman–Crippen LogP) is 4.65. The van der Waals surface area contributed by atoms with E-state index in [1.165, 1.54) is 15.7 Å². The first kappa shape index (κ1) is 15.1. The van der Waals surface area contributed by atoms with Gasteiger partial charge in [-0.25, -0.2) is 0 Å². The first-order chi connectivity index (χ1) is 10.6. The highest BCUT2D eigenvalue weighted by Gasteiger charge is 2.08. The molecule has 0 spiro atoms. The van der Waals surface area contributed by atoms with Crippen LogP contribution in [0.4, 0.5) is 0 Å². The Morgan fingerprint density at radius 3 is 2.73 bits per heavy atom. The number of aromatic nitrogens is 1. The molecule has 0 aliphatic carbocycles. The number of H-pyrrole nitrogens is 1. The van der Waals surface area contributed by atoms with Crippen LogP contribution >= 0.6 is 27.5 Å². The van der Waals surface area contributed by atoms with Crippen LogP contribution in [0.1, 0.15) is 11.1 Å². The van der Waals surface area contributed by atoms with Crippen molar-refractivity contribution in [3.05, 3.63) is 69.3 Å².